The van der Waals surface area contributed by atoms with Gasteiger partial charge in [-0.3, -0.25) is 4.79 Å². The Balaban J connectivity index is 1.65. The van der Waals surface area contributed by atoms with Crippen molar-refractivity contribution in [1.82, 2.24) is 15.5 Å². The highest BCUT2D eigenvalue weighted by Gasteiger charge is 2.03. The molecule has 2 rings (SSSR count). The molecule has 1 heterocycles. The highest BCUT2D eigenvalue weighted by molar-refractivity contribution is 5.77. The minimum Gasteiger partial charge on any atom is -0.484 e. The molecular formula is C17H23N5O2. The minimum absolute atomic E-state index is 0.00101. The van der Waals surface area contributed by atoms with Gasteiger partial charge in [-0.1, -0.05) is 17.7 Å². The quantitative estimate of drug-likeness (QED) is 0.714. The summed E-state index contributed by atoms with van der Waals surface area (Å²) in [5, 5.41) is 13.8. The van der Waals surface area contributed by atoms with Crippen LogP contribution in [0, 0.1) is 6.92 Å². The molecule has 0 saturated carbocycles. The van der Waals surface area contributed by atoms with Gasteiger partial charge in [0.1, 0.15) is 5.75 Å². The van der Waals surface area contributed by atoms with Gasteiger partial charge in [0.2, 0.25) is 0 Å². The largest absolute Gasteiger partial charge is 0.484 e. The normalized spacial score (nSPS) is 10.1. The summed E-state index contributed by atoms with van der Waals surface area (Å²) in [5.41, 5.74) is 2.11. The molecule has 0 bridgehead atoms. The van der Waals surface area contributed by atoms with Gasteiger partial charge < -0.3 is 20.3 Å². The lowest BCUT2D eigenvalue weighted by atomic mass is 10.2. The molecule has 1 aromatic heterocycles. The molecule has 1 amide bonds. The maximum atomic E-state index is 11.7. The third-order valence-corrected chi connectivity index (χ3v) is 3.30. The molecule has 1 aromatic carbocycles. The molecule has 24 heavy (non-hydrogen) atoms. The molecule has 0 aliphatic rings. The number of ether oxygens (including phenoxy) is 1. The molecule has 0 saturated heterocycles. The zero-order valence-electron chi connectivity index (χ0n) is 14.2. The van der Waals surface area contributed by atoms with Crippen molar-refractivity contribution in [2.24, 2.45) is 0 Å². The van der Waals surface area contributed by atoms with Crippen molar-refractivity contribution >= 4 is 17.4 Å². The van der Waals surface area contributed by atoms with Crippen LogP contribution in [0.2, 0.25) is 0 Å². The fraction of sp³-hybridized carbons (Fsp3) is 0.353. The van der Waals surface area contributed by atoms with E-state index in [-0.39, 0.29) is 12.5 Å². The first-order valence-corrected chi connectivity index (χ1v) is 7.74. The third-order valence-electron chi connectivity index (χ3n) is 3.30. The van der Waals surface area contributed by atoms with Gasteiger partial charge in [0, 0.05) is 33.3 Å². The smallest absolute Gasteiger partial charge is 0.258 e. The summed E-state index contributed by atoms with van der Waals surface area (Å²) in [4.78, 5) is 13.7. The van der Waals surface area contributed by atoms with Crippen LogP contribution in [-0.2, 0) is 4.79 Å². The van der Waals surface area contributed by atoms with Crippen LogP contribution in [0.4, 0.5) is 11.5 Å². The number of carbonyl (C=O) groups excluding carboxylic acids is 1. The highest BCUT2D eigenvalue weighted by Crippen LogP contribution is 2.12. The monoisotopic (exact) mass is 329 g/mol. The molecule has 0 radical (unpaired) electrons. The summed E-state index contributed by atoms with van der Waals surface area (Å²) < 4.78 is 5.42. The molecule has 0 aliphatic heterocycles. The molecule has 0 aliphatic carbocycles. The molecular weight excluding hydrogens is 306 g/mol. The number of aromatic nitrogens is 2. The van der Waals surface area contributed by atoms with E-state index >= 15 is 0 Å². The van der Waals surface area contributed by atoms with Crippen molar-refractivity contribution in [2.75, 3.05) is 44.0 Å². The van der Waals surface area contributed by atoms with Gasteiger partial charge in [0.25, 0.3) is 5.91 Å². The lowest BCUT2D eigenvalue weighted by molar-refractivity contribution is -0.123. The van der Waals surface area contributed by atoms with Crippen LogP contribution in [-0.4, -0.2) is 49.9 Å². The van der Waals surface area contributed by atoms with E-state index in [9.17, 15) is 4.79 Å². The van der Waals surface area contributed by atoms with Gasteiger partial charge in [-0.15, -0.1) is 5.10 Å². The number of carbonyl (C=O) groups is 1. The lowest BCUT2D eigenvalue weighted by Crippen LogP contribution is -2.32. The van der Waals surface area contributed by atoms with Gasteiger partial charge in [-0.25, -0.2) is 0 Å². The Bertz CT molecular complexity index is 658. The standard InChI is InChI=1S/C17H23N5O2/c1-13-4-6-15(7-5-13)24-12-17(23)19-9-8-18-16-10-14(22(2)3)11-20-21-16/h4-7,10-11H,8-9,12H2,1-3H3,(H,18,21)(H,19,23). The van der Waals surface area contributed by atoms with E-state index in [1.54, 1.807) is 6.20 Å². The Morgan fingerprint density at radius 3 is 2.67 bits per heavy atom. The first-order chi connectivity index (χ1) is 11.5. The van der Waals surface area contributed by atoms with Crippen LogP contribution >= 0.6 is 0 Å². The van der Waals surface area contributed by atoms with Gasteiger partial charge >= 0.3 is 0 Å². The van der Waals surface area contributed by atoms with Crippen molar-refractivity contribution < 1.29 is 9.53 Å². The molecule has 7 heteroatoms. The van der Waals surface area contributed by atoms with Crippen molar-refractivity contribution in [3.8, 4) is 5.75 Å². The van der Waals surface area contributed by atoms with Crippen LogP contribution in [0.3, 0.4) is 0 Å². The second-order valence-corrected chi connectivity index (χ2v) is 5.57. The van der Waals surface area contributed by atoms with Crippen LogP contribution in [0.15, 0.2) is 36.5 Å². The maximum absolute atomic E-state index is 11.7. The Labute approximate surface area is 142 Å². The number of amides is 1. The first-order valence-electron chi connectivity index (χ1n) is 7.74. The number of aryl methyl sites for hydroxylation is 1. The topological polar surface area (TPSA) is 79.4 Å². The zero-order valence-corrected chi connectivity index (χ0v) is 14.2. The van der Waals surface area contributed by atoms with E-state index in [0.717, 1.165) is 11.3 Å². The van der Waals surface area contributed by atoms with Crippen LogP contribution in [0.1, 0.15) is 5.56 Å². The molecule has 0 atom stereocenters. The predicted molar refractivity (Wildman–Crippen MR) is 94.5 cm³/mol. The number of hydrogen-bond donors (Lipinski definition) is 2. The summed E-state index contributed by atoms with van der Waals surface area (Å²) in [6.45, 7) is 3.03. The molecule has 2 aromatic rings. The summed E-state index contributed by atoms with van der Waals surface area (Å²) >= 11 is 0. The van der Waals surface area contributed by atoms with Gasteiger partial charge in [-0.05, 0) is 19.1 Å². The molecule has 128 valence electrons. The average molecular weight is 329 g/mol. The molecule has 7 nitrogen and oxygen atoms in total. The minimum atomic E-state index is -0.162. The first kappa shape index (κ1) is 17.5. The summed E-state index contributed by atoms with van der Waals surface area (Å²) in [6, 6.07) is 9.48. The fourth-order valence-corrected chi connectivity index (χ4v) is 1.91. The van der Waals surface area contributed by atoms with Gasteiger partial charge in [0.05, 0.1) is 11.9 Å². The van der Waals surface area contributed by atoms with E-state index in [1.165, 1.54) is 0 Å². The van der Waals surface area contributed by atoms with Crippen molar-refractivity contribution in [1.29, 1.82) is 0 Å². The van der Waals surface area contributed by atoms with E-state index in [2.05, 4.69) is 20.8 Å². The molecule has 0 spiro atoms. The predicted octanol–water partition coefficient (Wildman–Crippen LogP) is 1.46. The number of hydrogen-bond acceptors (Lipinski definition) is 6. The second kappa shape index (κ2) is 8.71. The van der Waals surface area contributed by atoms with E-state index in [0.29, 0.717) is 24.7 Å². The molecule has 0 unspecified atom stereocenters. The van der Waals surface area contributed by atoms with Crippen LogP contribution in [0.25, 0.3) is 0 Å². The summed E-state index contributed by atoms with van der Waals surface area (Å²) in [6.07, 6.45) is 1.69. The van der Waals surface area contributed by atoms with Gasteiger partial charge in [-0.2, -0.15) is 5.10 Å². The lowest BCUT2D eigenvalue weighted by Gasteiger charge is -2.13. The van der Waals surface area contributed by atoms with Gasteiger partial charge in [0.15, 0.2) is 12.4 Å². The number of nitrogens with zero attached hydrogens (tertiary/aromatic N) is 3. The van der Waals surface area contributed by atoms with E-state index in [4.69, 9.17) is 4.74 Å². The zero-order chi connectivity index (χ0) is 17.4. The van der Waals surface area contributed by atoms with Crippen LogP contribution in [0.5, 0.6) is 5.75 Å². The SMILES string of the molecule is Cc1ccc(OCC(=O)NCCNc2cc(N(C)C)cnn2)cc1. The number of anilines is 2. The Kier molecular flexibility index (Phi) is 6.36. The molecule has 0 fully saturated rings. The maximum Gasteiger partial charge on any atom is 0.258 e. The summed E-state index contributed by atoms with van der Waals surface area (Å²) in [7, 11) is 3.88. The molecule has 2 N–H and O–H groups in total. The fourth-order valence-electron chi connectivity index (χ4n) is 1.91. The Hall–Kier alpha value is -2.83. The van der Waals surface area contributed by atoms with E-state index < -0.39 is 0 Å². The van der Waals surface area contributed by atoms with Crippen LogP contribution < -0.4 is 20.3 Å². The Morgan fingerprint density at radius 1 is 1.21 bits per heavy atom. The second-order valence-electron chi connectivity index (χ2n) is 5.57. The number of rotatable bonds is 8. The third kappa shape index (κ3) is 5.75. The van der Waals surface area contributed by atoms with Crippen molar-refractivity contribution in [2.45, 2.75) is 6.92 Å². The highest BCUT2D eigenvalue weighted by atomic mass is 16.5. The number of nitrogens with one attached hydrogen (secondary N) is 2. The van der Waals surface area contributed by atoms with Crippen molar-refractivity contribution in [3.63, 3.8) is 0 Å². The van der Waals surface area contributed by atoms with Crippen molar-refractivity contribution in [3.05, 3.63) is 42.1 Å². The average Bonchev–Trinajstić information content (AvgIpc) is 2.58. The van der Waals surface area contributed by atoms with E-state index in [1.807, 2.05) is 56.3 Å². The number of benzene rings is 1. The summed E-state index contributed by atoms with van der Waals surface area (Å²) in [5.74, 6) is 1.20. The Morgan fingerprint density at radius 2 is 1.96 bits per heavy atom.